The molecule has 0 atom stereocenters. The van der Waals surface area contributed by atoms with Crippen LogP contribution in [0.5, 0.6) is 0 Å². The smallest absolute Gasteiger partial charge is 0.379 e. The van der Waals surface area contributed by atoms with Gasteiger partial charge in [-0.25, -0.2) is 9.67 Å². The molecule has 2 aromatic carbocycles. The van der Waals surface area contributed by atoms with Crippen LogP contribution in [0.2, 0.25) is 0 Å². The second kappa shape index (κ2) is 11.5. The van der Waals surface area contributed by atoms with Crippen LogP contribution in [0.3, 0.4) is 0 Å². The SMILES string of the molecule is Cc1ccc(NC(=O)c2cccc(C(F)(F)F)c2)cc1Nc1nn(C)c2nc(NCCN3CCOCC3)ncc12. The average Bonchev–Trinajstić information content (AvgIpc) is 3.25. The number of hydrogen-bond acceptors (Lipinski definition) is 8. The molecule has 0 saturated carbocycles. The number of anilines is 4. The van der Waals surface area contributed by atoms with Crippen molar-refractivity contribution in [3.8, 4) is 0 Å². The van der Waals surface area contributed by atoms with Crippen molar-refractivity contribution in [3.63, 3.8) is 0 Å². The van der Waals surface area contributed by atoms with Crippen LogP contribution in [-0.4, -0.2) is 69.9 Å². The molecular weight excluding hydrogens is 525 g/mol. The van der Waals surface area contributed by atoms with E-state index in [1.165, 1.54) is 12.1 Å². The number of carbonyl (C=O) groups is 1. The van der Waals surface area contributed by atoms with Crippen LogP contribution in [0.1, 0.15) is 21.5 Å². The van der Waals surface area contributed by atoms with E-state index in [-0.39, 0.29) is 5.56 Å². The Hall–Kier alpha value is -4.23. The Morgan fingerprint density at radius 3 is 2.70 bits per heavy atom. The molecule has 0 radical (unpaired) electrons. The zero-order valence-electron chi connectivity index (χ0n) is 22.0. The summed E-state index contributed by atoms with van der Waals surface area (Å²) in [5.41, 5.74) is 1.61. The number of rotatable bonds is 8. The van der Waals surface area contributed by atoms with Crippen molar-refractivity contribution >= 4 is 40.1 Å². The van der Waals surface area contributed by atoms with E-state index >= 15 is 0 Å². The van der Waals surface area contributed by atoms with Gasteiger partial charge in [0.2, 0.25) is 5.95 Å². The Bertz CT molecular complexity index is 1520. The van der Waals surface area contributed by atoms with Crippen molar-refractivity contribution < 1.29 is 22.7 Å². The first-order chi connectivity index (χ1) is 19.2. The summed E-state index contributed by atoms with van der Waals surface area (Å²) in [6, 6.07) is 9.47. The normalized spacial score (nSPS) is 14.3. The third kappa shape index (κ3) is 6.32. The van der Waals surface area contributed by atoms with Crippen LogP contribution in [0.15, 0.2) is 48.7 Å². The minimum atomic E-state index is -4.54. The number of aromatic nitrogens is 4. The summed E-state index contributed by atoms with van der Waals surface area (Å²) in [6.45, 7) is 6.77. The minimum Gasteiger partial charge on any atom is -0.379 e. The van der Waals surface area contributed by atoms with Gasteiger partial charge in [-0.2, -0.15) is 23.3 Å². The lowest BCUT2D eigenvalue weighted by Crippen LogP contribution is -2.39. The summed E-state index contributed by atoms with van der Waals surface area (Å²) >= 11 is 0. The number of alkyl halides is 3. The van der Waals surface area contributed by atoms with Crippen LogP contribution in [-0.2, 0) is 18.0 Å². The molecule has 4 aromatic rings. The van der Waals surface area contributed by atoms with Gasteiger partial charge in [-0.3, -0.25) is 9.69 Å². The highest BCUT2D eigenvalue weighted by Crippen LogP contribution is 2.31. The van der Waals surface area contributed by atoms with Gasteiger partial charge in [0.1, 0.15) is 0 Å². The standard InChI is InChI=1S/C27H29F3N8O2/c1-17-6-7-20(33-25(39)18-4-3-5-19(14-18)27(28,29)30)15-22(17)34-23-21-16-32-26(35-24(21)37(2)36-23)31-8-9-38-10-12-40-13-11-38/h3-7,14-16H,8-13H2,1-2H3,(H,33,39)(H,34,36)(H,31,32,35). The molecule has 0 unspecified atom stereocenters. The van der Waals surface area contributed by atoms with Gasteiger partial charge in [0.25, 0.3) is 5.91 Å². The summed E-state index contributed by atoms with van der Waals surface area (Å²) in [5, 5.41) is 14.5. The molecule has 1 amide bonds. The van der Waals surface area contributed by atoms with Gasteiger partial charge in [-0.05, 0) is 42.8 Å². The topological polar surface area (TPSA) is 109 Å². The van der Waals surface area contributed by atoms with E-state index in [4.69, 9.17) is 4.74 Å². The van der Waals surface area contributed by atoms with E-state index < -0.39 is 17.6 Å². The second-order valence-electron chi connectivity index (χ2n) is 9.47. The number of halogens is 3. The minimum absolute atomic E-state index is 0.0906. The maximum Gasteiger partial charge on any atom is 0.416 e. The number of nitrogens with zero attached hydrogens (tertiary/aromatic N) is 5. The van der Waals surface area contributed by atoms with E-state index in [0.717, 1.165) is 50.5 Å². The maximum atomic E-state index is 13.1. The highest BCUT2D eigenvalue weighted by atomic mass is 19.4. The monoisotopic (exact) mass is 554 g/mol. The predicted octanol–water partition coefficient (Wildman–Crippen LogP) is 4.43. The molecule has 10 nitrogen and oxygen atoms in total. The number of morpholine rings is 1. The van der Waals surface area contributed by atoms with Crippen LogP contribution in [0, 0.1) is 6.92 Å². The van der Waals surface area contributed by atoms with E-state index in [9.17, 15) is 18.0 Å². The summed E-state index contributed by atoms with van der Waals surface area (Å²) in [5.74, 6) is 0.388. The number of fused-ring (bicyclic) bond motifs is 1. The van der Waals surface area contributed by atoms with Crippen molar-refractivity contribution in [2.24, 2.45) is 7.05 Å². The molecule has 5 rings (SSSR count). The quantitative estimate of drug-likeness (QED) is 0.294. The second-order valence-corrected chi connectivity index (χ2v) is 9.47. The van der Waals surface area contributed by atoms with E-state index in [1.54, 1.807) is 36.1 Å². The van der Waals surface area contributed by atoms with Crippen LogP contribution in [0.4, 0.5) is 36.3 Å². The van der Waals surface area contributed by atoms with E-state index in [0.29, 0.717) is 40.7 Å². The predicted molar refractivity (Wildman–Crippen MR) is 146 cm³/mol. The number of benzene rings is 2. The fraction of sp³-hybridized carbons (Fsp3) is 0.333. The highest BCUT2D eigenvalue weighted by molar-refractivity contribution is 6.04. The fourth-order valence-corrected chi connectivity index (χ4v) is 4.37. The number of hydrogen-bond donors (Lipinski definition) is 3. The van der Waals surface area contributed by atoms with Gasteiger partial charge in [0.05, 0.1) is 24.2 Å². The van der Waals surface area contributed by atoms with Gasteiger partial charge < -0.3 is 20.7 Å². The largest absolute Gasteiger partial charge is 0.416 e. The number of nitrogens with one attached hydrogen (secondary N) is 3. The van der Waals surface area contributed by atoms with Gasteiger partial charge >= 0.3 is 6.18 Å². The summed E-state index contributed by atoms with van der Waals surface area (Å²) in [6.07, 6.45) is -2.84. The van der Waals surface area contributed by atoms with Crippen molar-refractivity contribution in [2.45, 2.75) is 13.1 Å². The Labute approximate surface area is 228 Å². The molecule has 1 fully saturated rings. The van der Waals surface area contributed by atoms with Crippen molar-refractivity contribution in [1.82, 2.24) is 24.6 Å². The molecule has 0 spiro atoms. The molecule has 3 heterocycles. The summed E-state index contributed by atoms with van der Waals surface area (Å²) in [7, 11) is 1.79. The zero-order chi connectivity index (χ0) is 28.3. The lowest BCUT2D eigenvalue weighted by atomic mass is 10.1. The zero-order valence-corrected chi connectivity index (χ0v) is 22.0. The molecule has 1 aliphatic heterocycles. The Morgan fingerprint density at radius 2 is 1.93 bits per heavy atom. The number of amides is 1. The maximum absolute atomic E-state index is 13.1. The number of carbonyl (C=O) groups excluding carboxylic acids is 1. The Morgan fingerprint density at radius 1 is 1.12 bits per heavy atom. The Balaban J connectivity index is 1.28. The third-order valence-corrected chi connectivity index (χ3v) is 6.60. The van der Waals surface area contributed by atoms with Crippen LogP contribution >= 0.6 is 0 Å². The molecule has 210 valence electrons. The summed E-state index contributed by atoms with van der Waals surface area (Å²) in [4.78, 5) is 24.1. The van der Waals surface area contributed by atoms with E-state index in [1.807, 2.05) is 6.92 Å². The first kappa shape index (κ1) is 27.3. The third-order valence-electron chi connectivity index (χ3n) is 6.60. The van der Waals surface area contributed by atoms with Crippen molar-refractivity contribution in [2.75, 3.05) is 55.3 Å². The molecule has 0 aliphatic carbocycles. The average molecular weight is 555 g/mol. The van der Waals surface area contributed by atoms with Gasteiger partial charge in [-0.15, -0.1) is 0 Å². The number of ether oxygens (including phenoxy) is 1. The molecule has 0 bridgehead atoms. The van der Waals surface area contributed by atoms with E-state index in [2.05, 4.69) is 35.9 Å². The Kier molecular flexibility index (Phi) is 7.85. The van der Waals surface area contributed by atoms with Crippen molar-refractivity contribution in [1.29, 1.82) is 0 Å². The fourth-order valence-electron chi connectivity index (χ4n) is 4.37. The molecular formula is C27H29F3N8O2. The van der Waals surface area contributed by atoms with Crippen LogP contribution in [0.25, 0.3) is 11.0 Å². The first-order valence-electron chi connectivity index (χ1n) is 12.8. The number of aryl methyl sites for hydroxylation is 2. The lowest BCUT2D eigenvalue weighted by Gasteiger charge is -2.26. The molecule has 1 saturated heterocycles. The molecule has 13 heteroatoms. The van der Waals surface area contributed by atoms with Crippen molar-refractivity contribution in [3.05, 3.63) is 65.4 Å². The highest BCUT2D eigenvalue weighted by Gasteiger charge is 2.31. The van der Waals surface area contributed by atoms with Gasteiger partial charge in [0, 0.05) is 56.4 Å². The van der Waals surface area contributed by atoms with Crippen LogP contribution < -0.4 is 16.0 Å². The van der Waals surface area contributed by atoms with Gasteiger partial charge in [0.15, 0.2) is 11.5 Å². The molecule has 2 aromatic heterocycles. The molecule has 40 heavy (non-hydrogen) atoms. The first-order valence-corrected chi connectivity index (χ1v) is 12.8. The molecule has 3 N–H and O–H groups in total. The molecule has 1 aliphatic rings. The summed E-state index contributed by atoms with van der Waals surface area (Å²) < 4.78 is 46.2. The lowest BCUT2D eigenvalue weighted by molar-refractivity contribution is -0.137. The van der Waals surface area contributed by atoms with Gasteiger partial charge in [-0.1, -0.05) is 12.1 Å².